The summed E-state index contributed by atoms with van der Waals surface area (Å²) >= 11 is 3.15. The Balaban J connectivity index is 2.35. The minimum absolute atomic E-state index is 0.0449. The van der Waals surface area contributed by atoms with Crippen LogP contribution >= 0.6 is 15.9 Å². The summed E-state index contributed by atoms with van der Waals surface area (Å²) in [5, 5.41) is 11.0. The van der Waals surface area contributed by atoms with Gasteiger partial charge in [-0.1, -0.05) is 0 Å². The molecule has 1 fully saturated rings. The molecule has 0 spiro atoms. The molecule has 1 saturated heterocycles. The minimum atomic E-state index is -0.494. The third-order valence-electron chi connectivity index (χ3n) is 2.71. The van der Waals surface area contributed by atoms with Crippen LogP contribution in [0.5, 0.6) is 0 Å². The van der Waals surface area contributed by atoms with Gasteiger partial charge in [0, 0.05) is 23.3 Å². The summed E-state index contributed by atoms with van der Waals surface area (Å²) in [5.74, 6) is 0.184. The van der Waals surface area contributed by atoms with Gasteiger partial charge in [-0.05, 0) is 22.9 Å². The fourth-order valence-corrected chi connectivity index (χ4v) is 2.14. The summed E-state index contributed by atoms with van der Waals surface area (Å²) in [6.45, 7) is 2.92. The van der Waals surface area contributed by atoms with E-state index < -0.39 is 4.92 Å². The molecular weight excluding hydrogens is 304 g/mol. The van der Waals surface area contributed by atoms with E-state index in [9.17, 15) is 14.9 Å². The van der Waals surface area contributed by atoms with E-state index in [1.165, 1.54) is 12.3 Å². The van der Waals surface area contributed by atoms with E-state index in [0.717, 1.165) is 0 Å². The highest BCUT2D eigenvalue weighted by molar-refractivity contribution is 9.10. The highest BCUT2D eigenvalue weighted by atomic mass is 79.9. The van der Waals surface area contributed by atoms with Gasteiger partial charge in [0.05, 0.1) is 11.6 Å². The van der Waals surface area contributed by atoms with Gasteiger partial charge < -0.3 is 9.80 Å². The molecule has 0 N–H and O–H groups in total. The van der Waals surface area contributed by atoms with Gasteiger partial charge in [0.2, 0.25) is 11.7 Å². The van der Waals surface area contributed by atoms with Crippen LogP contribution in [0.3, 0.4) is 0 Å². The van der Waals surface area contributed by atoms with Gasteiger partial charge in [0.25, 0.3) is 0 Å². The average molecular weight is 315 g/mol. The predicted octanol–water partition coefficient (Wildman–Crippen LogP) is 1.38. The van der Waals surface area contributed by atoms with Crippen LogP contribution in [-0.4, -0.2) is 40.5 Å². The molecule has 2 heterocycles. The minimum Gasteiger partial charge on any atom is -0.324 e. The monoisotopic (exact) mass is 314 g/mol. The molecular formula is C10H11BrN4O3. The van der Waals surface area contributed by atoms with Crippen LogP contribution in [0.15, 0.2) is 16.7 Å². The Morgan fingerprint density at radius 1 is 1.61 bits per heavy atom. The van der Waals surface area contributed by atoms with Crippen molar-refractivity contribution in [2.75, 3.05) is 24.7 Å². The Bertz CT molecular complexity index is 508. The molecule has 2 rings (SSSR count). The fourth-order valence-electron chi connectivity index (χ4n) is 1.82. The first-order valence-electron chi connectivity index (χ1n) is 5.35. The second kappa shape index (κ2) is 4.89. The summed E-state index contributed by atoms with van der Waals surface area (Å²) in [6.07, 6.45) is 1.49. The lowest BCUT2D eigenvalue weighted by atomic mass is 10.3. The number of carbonyl (C=O) groups excluding carboxylic acids is 1. The summed E-state index contributed by atoms with van der Waals surface area (Å²) in [4.78, 5) is 29.4. The smallest absolute Gasteiger partial charge is 0.312 e. The Morgan fingerprint density at radius 2 is 2.33 bits per heavy atom. The molecule has 0 unspecified atom stereocenters. The maximum atomic E-state index is 11.6. The molecule has 1 aliphatic rings. The average Bonchev–Trinajstić information content (AvgIpc) is 2.70. The number of anilines is 1. The van der Waals surface area contributed by atoms with Crippen molar-refractivity contribution in [3.05, 3.63) is 26.9 Å². The zero-order chi connectivity index (χ0) is 13.3. The molecule has 8 heteroatoms. The van der Waals surface area contributed by atoms with E-state index in [-0.39, 0.29) is 24.0 Å². The van der Waals surface area contributed by atoms with Gasteiger partial charge in [-0.15, -0.1) is 0 Å². The molecule has 0 radical (unpaired) electrons. The van der Waals surface area contributed by atoms with Gasteiger partial charge in [0.15, 0.2) is 0 Å². The van der Waals surface area contributed by atoms with E-state index in [1.807, 2.05) is 6.92 Å². The van der Waals surface area contributed by atoms with Gasteiger partial charge in [0.1, 0.15) is 6.54 Å². The summed E-state index contributed by atoms with van der Waals surface area (Å²) in [7, 11) is 0. The number of nitro groups is 1. The quantitative estimate of drug-likeness (QED) is 0.622. The predicted molar refractivity (Wildman–Crippen MR) is 68.2 cm³/mol. The zero-order valence-electron chi connectivity index (χ0n) is 9.67. The SMILES string of the molecule is CCN1CN(c2ncc(Br)cc2[N+](=O)[O-])CC1=O. The van der Waals surface area contributed by atoms with Crippen LogP contribution in [0.1, 0.15) is 6.92 Å². The maximum Gasteiger partial charge on any atom is 0.312 e. The first-order valence-corrected chi connectivity index (χ1v) is 6.15. The number of rotatable bonds is 3. The van der Waals surface area contributed by atoms with Crippen LogP contribution < -0.4 is 4.90 Å². The second-order valence-corrected chi connectivity index (χ2v) is 4.76. The Labute approximate surface area is 112 Å². The van der Waals surface area contributed by atoms with Gasteiger partial charge in [-0.3, -0.25) is 14.9 Å². The standard InChI is InChI=1S/C10H11BrN4O3/c1-2-13-6-14(5-9(13)16)10-8(15(17)18)3-7(11)4-12-10/h3-4H,2,5-6H2,1H3. The molecule has 18 heavy (non-hydrogen) atoms. The maximum absolute atomic E-state index is 11.6. The number of likely N-dealkylation sites (N-methyl/N-ethyl adjacent to an activating group) is 1. The Kier molecular flexibility index (Phi) is 3.46. The molecule has 1 aliphatic heterocycles. The van der Waals surface area contributed by atoms with E-state index in [0.29, 0.717) is 17.7 Å². The van der Waals surface area contributed by atoms with Crippen LogP contribution in [-0.2, 0) is 4.79 Å². The summed E-state index contributed by atoms with van der Waals surface area (Å²) < 4.78 is 0.538. The van der Waals surface area contributed by atoms with Crippen molar-refractivity contribution in [3.63, 3.8) is 0 Å². The Morgan fingerprint density at radius 3 is 2.89 bits per heavy atom. The lowest BCUT2D eigenvalue weighted by Crippen LogP contribution is -2.27. The van der Waals surface area contributed by atoms with Crippen molar-refractivity contribution in [2.24, 2.45) is 0 Å². The molecule has 96 valence electrons. The van der Waals surface area contributed by atoms with E-state index >= 15 is 0 Å². The van der Waals surface area contributed by atoms with Crippen LogP contribution in [0.2, 0.25) is 0 Å². The number of nitrogens with zero attached hydrogens (tertiary/aromatic N) is 4. The van der Waals surface area contributed by atoms with Gasteiger partial charge in [-0.25, -0.2) is 4.98 Å². The molecule has 0 bridgehead atoms. The number of amides is 1. The first kappa shape index (κ1) is 12.7. The normalized spacial score (nSPS) is 15.3. The van der Waals surface area contributed by atoms with Gasteiger partial charge >= 0.3 is 5.69 Å². The molecule has 1 amide bonds. The van der Waals surface area contributed by atoms with E-state index in [1.54, 1.807) is 9.80 Å². The van der Waals surface area contributed by atoms with Crippen molar-refractivity contribution in [1.29, 1.82) is 0 Å². The largest absolute Gasteiger partial charge is 0.324 e. The third kappa shape index (κ3) is 2.28. The number of aromatic nitrogens is 1. The fraction of sp³-hybridized carbons (Fsp3) is 0.400. The Hall–Kier alpha value is -1.70. The number of halogens is 1. The second-order valence-electron chi connectivity index (χ2n) is 3.84. The molecule has 0 atom stereocenters. The highest BCUT2D eigenvalue weighted by Crippen LogP contribution is 2.30. The van der Waals surface area contributed by atoms with Crippen molar-refractivity contribution in [1.82, 2.24) is 9.88 Å². The van der Waals surface area contributed by atoms with E-state index in [4.69, 9.17) is 0 Å². The van der Waals surface area contributed by atoms with Gasteiger partial charge in [-0.2, -0.15) is 0 Å². The van der Waals surface area contributed by atoms with Crippen molar-refractivity contribution in [3.8, 4) is 0 Å². The van der Waals surface area contributed by atoms with Crippen LogP contribution in [0.4, 0.5) is 11.5 Å². The number of hydrogen-bond acceptors (Lipinski definition) is 5. The lowest BCUT2D eigenvalue weighted by molar-refractivity contribution is -0.384. The molecule has 0 aliphatic carbocycles. The molecule has 0 aromatic carbocycles. The van der Waals surface area contributed by atoms with Crippen LogP contribution in [0, 0.1) is 10.1 Å². The molecule has 7 nitrogen and oxygen atoms in total. The number of carbonyl (C=O) groups is 1. The summed E-state index contributed by atoms with van der Waals surface area (Å²) in [6, 6.07) is 1.39. The van der Waals surface area contributed by atoms with Crippen molar-refractivity contribution >= 4 is 33.3 Å². The number of hydrogen-bond donors (Lipinski definition) is 0. The molecule has 0 saturated carbocycles. The number of pyridine rings is 1. The van der Waals surface area contributed by atoms with Crippen molar-refractivity contribution < 1.29 is 9.72 Å². The lowest BCUT2D eigenvalue weighted by Gasteiger charge is -2.17. The van der Waals surface area contributed by atoms with Crippen LogP contribution in [0.25, 0.3) is 0 Å². The molecule has 1 aromatic rings. The zero-order valence-corrected chi connectivity index (χ0v) is 11.3. The third-order valence-corrected chi connectivity index (χ3v) is 3.15. The molecule has 1 aromatic heterocycles. The summed E-state index contributed by atoms with van der Waals surface area (Å²) in [5.41, 5.74) is -0.102. The van der Waals surface area contributed by atoms with Crippen molar-refractivity contribution in [2.45, 2.75) is 6.92 Å². The first-order chi connectivity index (χ1) is 8.52. The topological polar surface area (TPSA) is 79.6 Å². The highest BCUT2D eigenvalue weighted by Gasteiger charge is 2.31. The van der Waals surface area contributed by atoms with E-state index in [2.05, 4.69) is 20.9 Å².